The third-order valence-corrected chi connectivity index (χ3v) is 3.58. The summed E-state index contributed by atoms with van der Waals surface area (Å²) in [5, 5.41) is 0. The molecule has 1 heterocycles. The second kappa shape index (κ2) is 5.17. The molecular weight excluding hydrogens is 200 g/mol. The molecule has 0 spiro atoms. The van der Waals surface area contributed by atoms with E-state index >= 15 is 0 Å². The van der Waals surface area contributed by atoms with Crippen molar-refractivity contribution in [1.29, 1.82) is 0 Å². The molecule has 2 N–H and O–H groups in total. The molecule has 0 saturated carbocycles. The van der Waals surface area contributed by atoms with Crippen LogP contribution in [-0.2, 0) is 4.79 Å². The normalized spacial score (nSPS) is 24.3. The van der Waals surface area contributed by atoms with Crippen LogP contribution in [0.3, 0.4) is 0 Å². The predicted molar refractivity (Wildman–Crippen MR) is 67.1 cm³/mol. The molecule has 94 valence electrons. The van der Waals surface area contributed by atoms with E-state index in [4.69, 9.17) is 5.73 Å². The molecule has 0 aromatic rings. The van der Waals surface area contributed by atoms with Gasteiger partial charge in [0, 0.05) is 12.6 Å². The highest BCUT2D eigenvalue weighted by atomic mass is 16.2. The summed E-state index contributed by atoms with van der Waals surface area (Å²) >= 11 is 0. The lowest BCUT2D eigenvalue weighted by atomic mass is 9.85. The lowest BCUT2D eigenvalue weighted by molar-refractivity contribution is -0.138. The number of hydrogen-bond acceptors (Lipinski definition) is 2. The van der Waals surface area contributed by atoms with E-state index < -0.39 is 0 Å². The minimum absolute atomic E-state index is 0.138. The first-order chi connectivity index (χ1) is 7.38. The van der Waals surface area contributed by atoms with Crippen molar-refractivity contribution in [3.8, 4) is 0 Å². The Morgan fingerprint density at radius 1 is 1.44 bits per heavy atom. The standard InChI is InChI=1S/C13H26N2O/c1-5-10-8-6-7-9-15(10)12(16)11(14)13(2,3)4/h10-11H,5-9,14H2,1-4H3/t10?,11-/m1/s1. The van der Waals surface area contributed by atoms with Crippen molar-refractivity contribution in [3.05, 3.63) is 0 Å². The van der Waals surface area contributed by atoms with Crippen LogP contribution >= 0.6 is 0 Å². The monoisotopic (exact) mass is 226 g/mol. The minimum Gasteiger partial charge on any atom is -0.338 e. The maximum absolute atomic E-state index is 12.3. The highest BCUT2D eigenvalue weighted by molar-refractivity contribution is 5.82. The van der Waals surface area contributed by atoms with Crippen LogP contribution in [-0.4, -0.2) is 29.4 Å². The van der Waals surface area contributed by atoms with Crippen LogP contribution in [0.1, 0.15) is 53.4 Å². The second-order valence-electron chi connectivity index (χ2n) is 5.93. The Bertz CT molecular complexity index is 245. The summed E-state index contributed by atoms with van der Waals surface area (Å²) in [4.78, 5) is 14.3. The van der Waals surface area contributed by atoms with Gasteiger partial charge in [-0.05, 0) is 31.1 Å². The Morgan fingerprint density at radius 2 is 2.06 bits per heavy atom. The number of nitrogens with zero attached hydrogens (tertiary/aromatic N) is 1. The number of amides is 1. The average Bonchev–Trinajstić information content (AvgIpc) is 2.25. The van der Waals surface area contributed by atoms with Crippen LogP contribution in [0.2, 0.25) is 0 Å². The van der Waals surface area contributed by atoms with Crippen molar-refractivity contribution >= 4 is 5.91 Å². The topological polar surface area (TPSA) is 46.3 Å². The number of likely N-dealkylation sites (tertiary alicyclic amines) is 1. The van der Waals surface area contributed by atoms with Crippen LogP contribution in [0.5, 0.6) is 0 Å². The number of rotatable bonds is 2. The van der Waals surface area contributed by atoms with Crippen molar-refractivity contribution in [3.63, 3.8) is 0 Å². The van der Waals surface area contributed by atoms with E-state index in [1.54, 1.807) is 0 Å². The molecule has 1 unspecified atom stereocenters. The first kappa shape index (κ1) is 13.5. The molecule has 0 aromatic heterocycles. The van der Waals surface area contributed by atoms with Gasteiger partial charge >= 0.3 is 0 Å². The molecule has 1 aliphatic rings. The number of carbonyl (C=O) groups excluding carboxylic acids is 1. The average molecular weight is 226 g/mol. The van der Waals surface area contributed by atoms with E-state index in [0.29, 0.717) is 6.04 Å². The minimum atomic E-state index is -0.375. The highest BCUT2D eigenvalue weighted by Gasteiger charge is 2.34. The molecule has 1 amide bonds. The van der Waals surface area contributed by atoms with Crippen molar-refractivity contribution in [1.82, 2.24) is 4.90 Å². The summed E-state index contributed by atoms with van der Waals surface area (Å²) in [5.74, 6) is 0.138. The summed E-state index contributed by atoms with van der Waals surface area (Å²) in [6.07, 6.45) is 4.55. The van der Waals surface area contributed by atoms with Gasteiger partial charge in [-0.1, -0.05) is 27.7 Å². The Morgan fingerprint density at radius 3 is 2.56 bits per heavy atom. The molecule has 3 heteroatoms. The predicted octanol–water partition coefficient (Wildman–Crippen LogP) is 2.15. The molecule has 1 rings (SSSR count). The fourth-order valence-electron chi connectivity index (χ4n) is 2.26. The van der Waals surface area contributed by atoms with Gasteiger partial charge in [0.15, 0.2) is 0 Å². The highest BCUT2D eigenvalue weighted by Crippen LogP contribution is 2.24. The first-order valence-electron chi connectivity index (χ1n) is 6.44. The largest absolute Gasteiger partial charge is 0.338 e. The van der Waals surface area contributed by atoms with Crippen LogP contribution in [0, 0.1) is 5.41 Å². The summed E-state index contributed by atoms with van der Waals surface area (Å²) in [6, 6.07) is 0.0364. The maximum Gasteiger partial charge on any atom is 0.240 e. The van der Waals surface area contributed by atoms with Gasteiger partial charge in [-0.2, -0.15) is 0 Å². The molecule has 3 nitrogen and oxygen atoms in total. The molecule has 1 fully saturated rings. The number of hydrogen-bond donors (Lipinski definition) is 1. The number of piperidine rings is 1. The van der Waals surface area contributed by atoms with Crippen LogP contribution in [0.15, 0.2) is 0 Å². The van der Waals surface area contributed by atoms with Crippen LogP contribution < -0.4 is 5.73 Å². The second-order valence-corrected chi connectivity index (χ2v) is 5.93. The molecule has 1 saturated heterocycles. The lowest BCUT2D eigenvalue weighted by Crippen LogP contribution is -2.54. The van der Waals surface area contributed by atoms with E-state index in [1.807, 2.05) is 25.7 Å². The summed E-state index contributed by atoms with van der Waals surface area (Å²) < 4.78 is 0. The Kier molecular flexibility index (Phi) is 4.36. The Labute approximate surface area is 99.4 Å². The lowest BCUT2D eigenvalue weighted by Gasteiger charge is -2.39. The summed E-state index contributed by atoms with van der Waals surface area (Å²) in [7, 11) is 0. The number of carbonyl (C=O) groups is 1. The van der Waals surface area contributed by atoms with Gasteiger partial charge < -0.3 is 10.6 Å². The molecular formula is C13H26N2O. The van der Waals surface area contributed by atoms with Crippen molar-refractivity contribution < 1.29 is 4.79 Å². The summed E-state index contributed by atoms with van der Waals surface area (Å²) in [6.45, 7) is 9.13. The Balaban J connectivity index is 2.71. The van der Waals surface area contributed by atoms with Gasteiger partial charge in [-0.25, -0.2) is 0 Å². The molecule has 2 atom stereocenters. The van der Waals surface area contributed by atoms with E-state index in [9.17, 15) is 4.79 Å². The number of nitrogens with two attached hydrogens (primary N) is 1. The van der Waals surface area contributed by atoms with E-state index in [0.717, 1.165) is 25.8 Å². The van der Waals surface area contributed by atoms with Gasteiger partial charge in [0.1, 0.15) is 0 Å². The fourth-order valence-corrected chi connectivity index (χ4v) is 2.26. The molecule has 0 radical (unpaired) electrons. The quantitative estimate of drug-likeness (QED) is 0.784. The van der Waals surface area contributed by atoms with E-state index in [-0.39, 0.29) is 17.4 Å². The zero-order chi connectivity index (χ0) is 12.3. The molecule has 16 heavy (non-hydrogen) atoms. The van der Waals surface area contributed by atoms with Gasteiger partial charge in [-0.3, -0.25) is 4.79 Å². The van der Waals surface area contributed by atoms with Crippen molar-refractivity contribution in [2.75, 3.05) is 6.54 Å². The summed E-state index contributed by atoms with van der Waals surface area (Å²) in [5.41, 5.74) is 5.90. The molecule has 0 bridgehead atoms. The first-order valence-corrected chi connectivity index (χ1v) is 6.44. The fraction of sp³-hybridized carbons (Fsp3) is 0.923. The SMILES string of the molecule is CCC1CCCCN1C(=O)[C@@H](N)C(C)(C)C. The zero-order valence-electron chi connectivity index (χ0n) is 11.1. The molecule has 0 aliphatic carbocycles. The van der Waals surface area contributed by atoms with Crippen molar-refractivity contribution in [2.24, 2.45) is 11.1 Å². The van der Waals surface area contributed by atoms with E-state index in [1.165, 1.54) is 6.42 Å². The third kappa shape index (κ3) is 2.97. The molecule has 1 aliphatic heterocycles. The zero-order valence-corrected chi connectivity index (χ0v) is 11.1. The van der Waals surface area contributed by atoms with Crippen molar-refractivity contribution in [2.45, 2.75) is 65.5 Å². The van der Waals surface area contributed by atoms with Crippen LogP contribution in [0.25, 0.3) is 0 Å². The van der Waals surface area contributed by atoms with Crippen LogP contribution in [0.4, 0.5) is 0 Å². The van der Waals surface area contributed by atoms with Gasteiger partial charge in [0.2, 0.25) is 5.91 Å². The van der Waals surface area contributed by atoms with E-state index in [2.05, 4.69) is 6.92 Å². The smallest absolute Gasteiger partial charge is 0.240 e. The molecule has 0 aromatic carbocycles. The van der Waals surface area contributed by atoms with Gasteiger partial charge in [0.25, 0.3) is 0 Å². The maximum atomic E-state index is 12.3. The van der Waals surface area contributed by atoms with Gasteiger partial charge in [0.05, 0.1) is 6.04 Å². The third-order valence-electron chi connectivity index (χ3n) is 3.58. The van der Waals surface area contributed by atoms with Gasteiger partial charge in [-0.15, -0.1) is 0 Å². The Hall–Kier alpha value is -0.570.